The molecular weight excluding hydrogens is 442 g/mol. The number of ether oxygens (including phenoxy) is 1. The van der Waals surface area contributed by atoms with Gasteiger partial charge in [-0.3, -0.25) is 15.2 Å². The maximum Gasteiger partial charge on any atom is 0.243 e. The Balaban J connectivity index is 1.54. The minimum Gasteiger partial charge on any atom is -0.497 e. The largest absolute Gasteiger partial charge is 0.497 e. The third-order valence-corrected chi connectivity index (χ3v) is 7.74. The SMILES string of the molecule is COc1ccc2ccc(S(=O)(=O)N(C)[C@H]3CCN(Cc4ccnc(C(=N)N)c4)C3=O)cc2c1. The molecule has 0 bridgehead atoms. The van der Waals surface area contributed by atoms with Crippen molar-refractivity contribution in [3.8, 4) is 5.75 Å². The third kappa shape index (κ3) is 4.39. The molecule has 172 valence electrons. The number of amidine groups is 1. The average Bonchev–Trinajstić information content (AvgIpc) is 3.17. The van der Waals surface area contributed by atoms with Crippen molar-refractivity contribution < 1.29 is 17.9 Å². The molecule has 33 heavy (non-hydrogen) atoms. The Morgan fingerprint density at radius 1 is 1.21 bits per heavy atom. The Hall–Kier alpha value is -3.50. The highest BCUT2D eigenvalue weighted by Gasteiger charge is 2.39. The molecule has 1 fully saturated rings. The number of nitrogens with one attached hydrogen (secondary N) is 1. The predicted molar refractivity (Wildman–Crippen MR) is 125 cm³/mol. The molecule has 9 nitrogen and oxygen atoms in total. The van der Waals surface area contributed by atoms with E-state index in [9.17, 15) is 13.2 Å². The molecule has 1 aliphatic rings. The number of rotatable bonds is 7. The Morgan fingerprint density at radius 2 is 1.97 bits per heavy atom. The molecule has 2 aromatic carbocycles. The van der Waals surface area contributed by atoms with Crippen LogP contribution in [0.1, 0.15) is 17.7 Å². The standard InChI is InChI=1S/C23H25N5O4S/c1-27(33(30,31)19-6-4-16-3-5-18(32-2)12-17(16)13-19)21-8-10-28(23(21)29)14-15-7-9-26-20(11-15)22(24)25/h3-7,9,11-13,21H,8,10,14H2,1-2H3,(H3,24,25)/t21-/m0/s1. The van der Waals surface area contributed by atoms with Gasteiger partial charge >= 0.3 is 0 Å². The molecule has 4 rings (SSSR count). The number of nitrogens with two attached hydrogens (primary N) is 1. The molecule has 0 aliphatic carbocycles. The van der Waals surface area contributed by atoms with E-state index >= 15 is 0 Å². The van der Waals surface area contributed by atoms with Crippen LogP contribution in [-0.4, -0.2) is 61.1 Å². The molecule has 1 aromatic heterocycles. The van der Waals surface area contributed by atoms with Crippen molar-refractivity contribution in [2.75, 3.05) is 20.7 Å². The number of amides is 1. The summed E-state index contributed by atoms with van der Waals surface area (Å²) < 4.78 is 33.0. The highest BCUT2D eigenvalue weighted by Crippen LogP contribution is 2.28. The van der Waals surface area contributed by atoms with E-state index in [-0.39, 0.29) is 16.6 Å². The Morgan fingerprint density at radius 3 is 2.70 bits per heavy atom. The normalized spacial score (nSPS) is 16.5. The first-order chi connectivity index (χ1) is 15.7. The zero-order valence-corrected chi connectivity index (χ0v) is 19.2. The van der Waals surface area contributed by atoms with Gasteiger partial charge in [0.15, 0.2) is 0 Å². The summed E-state index contributed by atoms with van der Waals surface area (Å²) in [6, 6.07) is 13.0. The number of benzene rings is 2. The molecule has 3 N–H and O–H groups in total. The molecule has 1 aliphatic heterocycles. The number of hydrogen-bond acceptors (Lipinski definition) is 6. The number of likely N-dealkylation sites (tertiary alicyclic amines) is 1. The fraction of sp³-hybridized carbons (Fsp3) is 0.261. The molecule has 10 heteroatoms. The van der Waals surface area contributed by atoms with E-state index in [1.807, 2.05) is 12.1 Å². The number of carbonyl (C=O) groups excluding carboxylic acids is 1. The van der Waals surface area contributed by atoms with E-state index in [2.05, 4.69) is 4.98 Å². The van der Waals surface area contributed by atoms with Crippen LogP contribution >= 0.6 is 0 Å². The Kier molecular flexibility index (Phi) is 6.05. The van der Waals surface area contributed by atoms with Gasteiger partial charge in [-0.25, -0.2) is 8.42 Å². The summed E-state index contributed by atoms with van der Waals surface area (Å²) >= 11 is 0. The molecule has 0 spiro atoms. The number of fused-ring (bicyclic) bond motifs is 1. The fourth-order valence-electron chi connectivity index (χ4n) is 3.98. The van der Waals surface area contributed by atoms with Gasteiger partial charge in [-0.15, -0.1) is 0 Å². The summed E-state index contributed by atoms with van der Waals surface area (Å²) in [7, 11) is -0.893. The number of likely N-dealkylation sites (N-methyl/N-ethyl adjacent to an activating group) is 1. The summed E-state index contributed by atoms with van der Waals surface area (Å²) in [6.07, 6.45) is 1.93. The van der Waals surface area contributed by atoms with Gasteiger partial charge in [0, 0.05) is 26.3 Å². The quantitative estimate of drug-likeness (QED) is 0.404. The number of nitrogens with zero attached hydrogens (tertiary/aromatic N) is 3. The molecule has 2 heterocycles. The first-order valence-corrected chi connectivity index (χ1v) is 11.8. The van der Waals surface area contributed by atoms with Crippen LogP contribution < -0.4 is 10.5 Å². The van der Waals surface area contributed by atoms with Gasteiger partial charge in [0.25, 0.3) is 0 Å². The Labute approximate surface area is 192 Å². The van der Waals surface area contributed by atoms with Crippen molar-refractivity contribution in [3.05, 3.63) is 66.0 Å². The summed E-state index contributed by atoms with van der Waals surface area (Å²) in [4.78, 5) is 18.8. The zero-order chi connectivity index (χ0) is 23.8. The number of aromatic nitrogens is 1. The number of nitrogen functional groups attached to an aromatic ring is 1. The van der Waals surface area contributed by atoms with Crippen molar-refractivity contribution in [1.29, 1.82) is 5.41 Å². The van der Waals surface area contributed by atoms with Crippen LogP contribution in [0.3, 0.4) is 0 Å². The maximum atomic E-state index is 13.3. The molecule has 1 atom stereocenters. The second-order valence-corrected chi connectivity index (χ2v) is 9.92. The van der Waals surface area contributed by atoms with E-state index in [0.29, 0.717) is 31.0 Å². The lowest BCUT2D eigenvalue weighted by atomic mass is 10.1. The fourth-order valence-corrected chi connectivity index (χ4v) is 5.36. The van der Waals surface area contributed by atoms with Crippen LogP contribution in [0.15, 0.2) is 59.6 Å². The predicted octanol–water partition coefficient (Wildman–Crippen LogP) is 1.95. The maximum absolute atomic E-state index is 13.3. The first kappa shape index (κ1) is 22.7. The van der Waals surface area contributed by atoms with E-state index in [0.717, 1.165) is 20.6 Å². The lowest BCUT2D eigenvalue weighted by Crippen LogP contribution is -2.42. The van der Waals surface area contributed by atoms with E-state index < -0.39 is 16.1 Å². The minimum absolute atomic E-state index is 0.122. The van der Waals surface area contributed by atoms with Gasteiger partial charge in [-0.2, -0.15) is 4.31 Å². The van der Waals surface area contributed by atoms with Gasteiger partial charge in [0.2, 0.25) is 15.9 Å². The van der Waals surface area contributed by atoms with Gasteiger partial charge < -0.3 is 15.4 Å². The second-order valence-electron chi connectivity index (χ2n) is 7.92. The van der Waals surface area contributed by atoms with Crippen LogP contribution in [0.2, 0.25) is 0 Å². The monoisotopic (exact) mass is 467 g/mol. The van der Waals surface area contributed by atoms with Crippen molar-refractivity contribution in [3.63, 3.8) is 0 Å². The smallest absolute Gasteiger partial charge is 0.243 e. The number of sulfonamides is 1. The number of pyridine rings is 1. The summed E-state index contributed by atoms with van der Waals surface area (Å²) in [6.45, 7) is 0.720. The number of methoxy groups -OCH3 is 1. The second kappa shape index (κ2) is 8.80. The van der Waals surface area contributed by atoms with Crippen LogP contribution in [-0.2, 0) is 21.4 Å². The number of hydrogen-bond donors (Lipinski definition) is 2. The molecule has 0 saturated carbocycles. The molecule has 1 amide bonds. The molecule has 3 aromatic rings. The zero-order valence-electron chi connectivity index (χ0n) is 18.4. The van der Waals surface area contributed by atoms with Crippen molar-refractivity contribution in [2.45, 2.75) is 23.9 Å². The highest BCUT2D eigenvalue weighted by molar-refractivity contribution is 7.89. The lowest BCUT2D eigenvalue weighted by Gasteiger charge is -2.24. The van der Waals surface area contributed by atoms with Crippen LogP contribution in [0, 0.1) is 5.41 Å². The van der Waals surface area contributed by atoms with Crippen LogP contribution in [0.4, 0.5) is 0 Å². The topological polar surface area (TPSA) is 130 Å². The molecular formula is C23H25N5O4S. The van der Waals surface area contributed by atoms with E-state index in [1.165, 1.54) is 13.2 Å². The first-order valence-electron chi connectivity index (χ1n) is 10.3. The third-order valence-electron chi connectivity index (χ3n) is 5.88. The lowest BCUT2D eigenvalue weighted by molar-refractivity contribution is -0.131. The number of carbonyl (C=O) groups is 1. The molecule has 0 unspecified atom stereocenters. The van der Waals surface area contributed by atoms with Gasteiger partial charge in [0.05, 0.1) is 12.0 Å². The van der Waals surface area contributed by atoms with Gasteiger partial charge in [0.1, 0.15) is 23.3 Å². The highest BCUT2D eigenvalue weighted by atomic mass is 32.2. The van der Waals surface area contributed by atoms with Gasteiger partial charge in [-0.05, 0) is 59.2 Å². The summed E-state index contributed by atoms with van der Waals surface area (Å²) in [5.41, 5.74) is 6.61. The van der Waals surface area contributed by atoms with Crippen LogP contribution in [0.5, 0.6) is 5.75 Å². The summed E-state index contributed by atoms with van der Waals surface area (Å²) in [5, 5.41) is 9.15. The minimum atomic E-state index is -3.89. The van der Waals surface area contributed by atoms with E-state index in [1.54, 1.807) is 48.4 Å². The average molecular weight is 468 g/mol. The van der Waals surface area contributed by atoms with Crippen molar-refractivity contribution >= 4 is 32.5 Å². The molecule has 1 saturated heterocycles. The van der Waals surface area contributed by atoms with E-state index in [4.69, 9.17) is 15.9 Å². The van der Waals surface area contributed by atoms with Gasteiger partial charge in [-0.1, -0.05) is 12.1 Å². The summed E-state index contributed by atoms with van der Waals surface area (Å²) in [5.74, 6) is 0.224. The Bertz CT molecular complexity index is 1340. The van der Waals surface area contributed by atoms with Crippen molar-refractivity contribution in [2.24, 2.45) is 5.73 Å². The van der Waals surface area contributed by atoms with Crippen molar-refractivity contribution in [1.82, 2.24) is 14.2 Å². The van der Waals surface area contributed by atoms with Crippen LogP contribution in [0.25, 0.3) is 10.8 Å². The molecule has 0 radical (unpaired) electrons.